The molecule has 0 aliphatic carbocycles. The normalized spacial score (nSPS) is 10.7. The van der Waals surface area contributed by atoms with E-state index in [4.69, 9.17) is 9.84 Å². The van der Waals surface area contributed by atoms with E-state index in [0.29, 0.717) is 17.9 Å². The minimum atomic E-state index is -0.987. The molecule has 0 radical (unpaired) electrons. The quantitative estimate of drug-likeness (QED) is 0.427. The van der Waals surface area contributed by atoms with E-state index in [1.165, 1.54) is 12.1 Å². The van der Waals surface area contributed by atoms with E-state index in [0.717, 1.165) is 11.1 Å². The molecule has 154 valence electrons. The zero-order valence-electron chi connectivity index (χ0n) is 16.6. The molecule has 0 aliphatic heterocycles. The van der Waals surface area contributed by atoms with Gasteiger partial charge in [-0.3, -0.25) is 4.79 Å². The van der Waals surface area contributed by atoms with Crippen molar-refractivity contribution in [3.8, 4) is 11.8 Å². The maximum Gasteiger partial charge on any atom is 0.335 e. The highest BCUT2D eigenvalue weighted by molar-refractivity contribution is 6.01. The predicted molar refractivity (Wildman–Crippen MR) is 116 cm³/mol. The third-order valence-corrected chi connectivity index (χ3v) is 4.43. The van der Waals surface area contributed by atoms with Crippen LogP contribution in [0.4, 0.5) is 0 Å². The van der Waals surface area contributed by atoms with Crippen LogP contribution in [0.5, 0.6) is 5.75 Å². The van der Waals surface area contributed by atoms with Crippen molar-refractivity contribution in [3.05, 3.63) is 107 Å². The Hall–Kier alpha value is -4.37. The minimum Gasteiger partial charge on any atom is -0.489 e. The molecule has 0 bridgehead atoms. The Morgan fingerprint density at radius 2 is 1.68 bits per heavy atom. The van der Waals surface area contributed by atoms with E-state index in [1.807, 2.05) is 36.4 Å². The molecule has 6 heteroatoms. The average molecular weight is 412 g/mol. The zero-order chi connectivity index (χ0) is 22.1. The maximum absolute atomic E-state index is 12.3. The molecule has 2 N–H and O–H groups in total. The number of hydrogen-bond donors (Lipinski definition) is 2. The summed E-state index contributed by atoms with van der Waals surface area (Å²) in [6.45, 7) is 0.566. The summed E-state index contributed by atoms with van der Waals surface area (Å²) in [6, 6.07) is 24.9. The van der Waals surface area contributed by atoms with Gasteiger partial charge >= 0.3 is 5.97 Å². The summed E-state index contributed by atoms with van der Waals surface area (Å²) < 4.78 is 5.69. The number of carboxylic acids is 1. The van der Waals surface area contributed by atoms with Gasteiger partial charge in [0.2, 0.25) is 0 Å². The van der Waals surface area contributed by atoms with Crippen LogP contribution in [0.2, 0.25) is 0 Å². The first kappa shape index (κ1) is 21.3. The fraction of sp³-hybridized carbons (Fsp3) is 0.0800. The van der Waals surface area contributed by atoms with Gasteiger partial charge in [-0.05, 0) is 47.0 Å². The Kier molecular flexibility index (Phi) is 7.17. The van der Waals surface area contributed by atoms with Crippen molar-refractivity contribution in [2.24, 2.45) is 0 Å². The largest absolute Gasteiger partial charge is 0.489 e. The number of nitrogens with zero attached hydrogens (tertiary/aromatic N) is 1. The van der Waals surface area contributed by atoms with Crippen molar-refractivity contribution in [3.63, 3.8) is 0 Å². The van der Waals surface area contributed by atoms with E-state index >= 15 is 0 Å². The minimum absolute atomic E-state index is 0.00934. The van der Waals surface area contributed by atoms with Gasteiger partial charge in [0.1, 0.15) is 24.0 Å². The zero-order valence-corrected chi connectivity index (χ0v) is 16.6. The number of benzene rings is 3. The second-order valence-corrected chi connectivity index (χ2v) is 6.70. The number of carboxylic acid groups (broad SMARTS) is 1. The number of nitrogens with one attached hydrogen (secondary N) is 1. The van der Waals surface area contributed by atoms with E-state index in [2.05, 4.69) is 5.32 Å². The number of ether oxygens (including phenoxy) is 1. The third-order valence-electron chi connectivity index (χ3n) is 4.43. The molecule has 1 amide bonds. The second-order valence-electron chi connectivity index (χ2n) is 6.70. The monoisotopic (exact) mass is 412 g/mol. The van der Waals surface area contributed by atoms with Gasteiger partial charge in [-0.2, -0.15) is 5.26 Å². The van der Waals surface area contributed by atoms with Crippen LogP contribution in [0.1, 0.15) is 27.0 Å². The summed E-state index contributed by atoms with van der Waals surface area (Å²) in [7, 11) is 0. The number of carbonyl (C=O) groups excluding carboxylic acids is 1. The standard InChI is InChI=1S/C25H20N2O4/c26-15-22(24(28)27-16-19-5-2-1-3-6-19)13-18-9-11-23(12-10-18)31-17-20-7-4-8-21(14-20)25(29)30/h1-14H,16-17H2,(H,27,28)(H,29,30)/b22-13+. The molecule has 0 aromatic heterocycles. The molecule has 0 heterocycles. The number of amides is 1. The molecule has 0 spiro atoms. The van der Waals surface area contributed by atoms with E-state index in [9.17, 15) is 14.9 Å². The maximum atomic E-state index is 12.3. The molecule has 0 aliphatic rings. The number of nitriles is 1. The van der Waals surface area contributed by atoms with Crippen LogP contribution in [0.3, 0.4) is 0 Å². The first-order chi connectivity index (χ1) is 15.0. The Morgan fingerprint density at radius 1 is 0.968 bits per heavy atom. The SMILES string of the molecule is N#C/C(=C\c1ccc(OCc2cccc(C(=O)O)c2)cc1)C(=O)NCc1ccccc1. The molecule has 3 aromatic rings. The highest BCUT2D eigenvalue weighted by Gasteiger charge is 2.09. The molecule has 0 unspecified atom stereocenters. The van der Waals surface area contributed by atoms with Gasteiger partial charge in [-0.15, -0.1) is 0 Å². The van der Waals surface area contributed by atoms with Crippen molar-refractivity contribution >= 4 is 18.0 Å². The molecule has 3 aromatic carbocycles. The highest BCUT2D eigenvalue weighted by atomic mass is 16.5. The van der Waals surface area contributed by atoms with E-state index in [1.54, 1.807) is 42.5 Å². The fourth-order valence-electron chi connectivity index (χ4n) is 2.81. The molecular formula is C25H20N2O4. The summed E-state index contributed by atoms with van der Waals surface area (Å²) in [5.41, 5.74) is 2.59. The van der Waals surface area contributed by atoms with Crippen molar-refractivity contribution in [1.82, 2.24) is 5.32 Å². The first-order valence-corrected chi connectivity index (χ1v) is 9.54. The Labute approximate surface area is 180 Å². The third kappa shape index (κ3) is 6.31. The van der Waals surface area contributed by atoms with Crippen molar-refractivity contribution in [2.75, 3.05) is 0 Å². The summed E-state index contributed by atoms with van der Waals surface area (Å²) in [5.74, 6) is -0.839. The molecule has 6 nitrogen and oxygen atoms in total. The van der Waals surface area contributed by atoms with Gasteiger partial charge in [0.05, 0.1) is 5.56 Å². The van der Waals surface area contributed by atoms with Crippen LogP contribution in [0, 0.1) is 11.3 Å². The summed E-state index contributed by atoms with van der Waals surface area (Å²) in [6.07, 6.45) is 1.51. The highest BCUT2D eigenvalue weighted by Crippen LogP contribution is 2.17. The van der Waals surface area contributed by atoms with Crippen LogP contribution in [0.15, 0.2) is 84.4 Å². The topological polar surface area (TPSA) is 99.4 Å². The van der Waals surface area contributed by atoms with Crippen LogP contribution < -0.4 is 10.1 Å². The summed E-state index contributed by atoms with van der Waals surface area (Å²) in [5, 5.41) is 21.1. The molecule has 0 saturated heterocycles. The van der Waals surface area contributed by atoms with Crippen LogP contribution in [-0.4, -0.2) is 17.0 Å². The van der Waals surface area contributed by atoms with Gasteiger partial charge in [0, 0.05) is 6.54 Å². The lowest BCUT2D eigenvalue weighted by Gasteiger charge is -2.08. The molecule has 0 atom stereocenters. The number of carbonyl (C=O) groups is 2. The van der Waals surface area contributed by atoms with Gasteiger partial charge < -0.3 is 15.2 Å². The summed E-state index contributed by atoms with van der Waals surface area (Å²) in [4.78, 5) is 23.3. The fourth-order valence-corrected chi connectivity index (χ4v) is 2.81. The van der Waals surface area contributed by atoms with Crippen LogP contribution in [0.25, 0.3) is 6.08 Å². The molecular weight excluding hydrogens is 392 g/mol. The number of hydrogen-bond acceptors (Lipinski definition) is 4. The predicted octanol–water partition coefficient (Wildman–Crippen LogP) is 4.19. The van der Waals surface area contributed by atoms with Crippen LogP contribution in [-0.2, 0) is 17.9 Å². The van der Waals surface area contributed by atoms with Crippen molar-refractivity contribution in [1.29, 1.82) is 5.26 Å². The average Bonchev–Trinajstić information content (AvgIpc) is 2.81. The van der Waals surface area contributed by atoms with Crippen LogP contribution >= 0.6 is 0 Å². The lowest BCUT2D eigenvalue weighted by atomic mass is 10.1. The van der Waals surface area contributed by atoms with Gasteiger partial charge in [-0.25, -0.2) is 4.79 Å². The molecule has 0 fully saturated rings. The number of rotatable bonds is 8. The second kappa shape index (κ2) is 10.4. The van der Waals surface area contributed by atoms with E-state index < -0.39 is 11.9 Å². The van der Waals surface area contributed by atoms with Crippen molar-refractivity contribution < 1.29 is 19.4 Å². The Balaban J connectivity index is 1.59. The molecule has 3 rings (SSSR count). The first-order valence-electron chi connectivity index (χ1n) is 9.54. The van der Waals surface area contributed by atoms with Gasteiger partial charge in [-0.1, -0.05) is 54.6 Å². The smallest absolute Gasteiger partial charge is 0.335 e. The molecule has 31 heavy (non-hydrogen) atoms. The van der Waals surface area contributed by atoms with Gasteiger partial charge in [0.25, 0.3) is 5.91 Å². The lowest BCUT2D eigenvalue weighted by molar-refractivity contribution is -0.117. The van der Waals surface area contributed by atoms with Crippen molar-refractivity contribution in [2.45, 2.75) is 13.2 Å². The van der Waals surface area contributed by atoms with Gasteiger partial charge in [0.15, 0.2) is 0 Å². The Bertz CT molecular complexity index is 1130. The molecule has 0 saturated carbocycles. The van der Waals surface area contributed by atoms with E-state index in [-0.39, 0.29) is 17.7 Å². The summed E-state index contributed by atoms with van der Waals surface area (Å²) >= 11 is 0. The Morgan fingerprint density at radius 3 is 2.35 bits per heavy atom. The lowest BCUT2D eigenvalue weighted by Crippen LogP contribution is -2.23. The number of aromatic carboxylic acids is 1.